The predicted molar refractivity (Wildman–Crippen MR) is 118 cm³/mol. The van der Waals surface area contributed by atoms with E-state index in [0.29, 0.717) is 0 Å². The van der Waals surface area contributed by atoms with Gasteiger partial charge in [0.15, 0.2) is 0 Å². The fourth-order valence-electron chi connectivity index (χ4n) is 3.25. The second kappa shape index (κ2) is 13.1. The molecule has 27 heavy (non-hydrogen) atoms. The molecule has 0 heterocycles. The zero-order valence-corrected chi connectivity index (χ0v) is 17.2. The Morgan fingerprint density at radius 2 is 1.26 bits per heavy atom. The molecule has 0 radical (unpaired) electrons. The van der Waals surface area contributed by atoms with Gasteiger partial charge in [0.2, 0.25) is 0 Å². The molecule has 0 aliphatic rings. The van der Waals surface area contributed by atoms with Crippen LogP contribution in [0.15, 0.2) is 53.6 Å². The molecule has 2 nitrogen and oxygen atoms in total. The maximum absolute atomic E-state index is 4.35. The first-order valence-corrected chi connectivity index (χ1v) is 10.7. The van der Waals surface area contributed by atoms with Crippen LogP contribution in [0.1, 0.15) is 81.0 Å². The molecule has 2 heteroatoms. The van der Waals surface area contributed by atoms with Gasteiger partial charge < -0.3 is 5.43 Å². The number of benzene rings is 2. The minimum absolute atomic E-state index is 0.763. The van der Waals surface area contributed by atoms with Gasteiger partial charge in [-0.05, 0) is 41.5 Å². The van der Waals surface area contributed by atoms with Crippen LogP contribution in [0, 0.1) is 0 Å². The number of nitrogens with one attached hydrogen (secondary N) is 1. The number of nitrogens with zero attached hydrogens (tertiary/aromatic N) is 1. The molecule has 0 saturated carbocycles. The third kappa shape index (κ3) is 8.90. The maximum Gasteiger partial charge on any atom is 0.0580 e. The van der Waals surface area contributed by atoms with Crippen molar-refractivity contribution in [1.82, 2.24) is 5.43 Å². The van der Waals surface area contributed by atoms with E-state index in [1.165, 1.54) is 68.1 Å². The lowest BCUT2D eigenvalue weighted by molar-refractivity contribution is 0.607. The molecule has 0 amide bonds. The standard InChI is InChI=1S/C25H36N2/c1-3-5-6-7-8-9-11-23-14-18-25(19-15-23)21-27-26-20-24-16-12-22(10-4-2)13-17-24/h12-19,21,26H,3-11,20H2,1-2H3/b27-21+. The fraction of sp³-hybridized carbons (Fsp3) is 0.480. The topological polar surface area (TPSA) is 24.4 Å². The van der Waals surface area contributed by atoms with Crippen LogP contribution < -0.4 is 5.43 Å². The van der Waals surface area contributed by atoms with Crippen molar-refractivity contribution in [2.45, 2.75) is 78.2 Å². The Bertz CT molecular complexity index is 641. The lowest BCUT2D eigenvalue weighted by Crippen LogP contribution is -2.05. The minimum atomic E-state index is 0.763. The van der Waals surface area contributed by atoms with E-state index >= 15 is 0 Å². The van der Waals surface area contributed by atoms with Gasteiger partial charge in [0, 0.05) is 0 Å². The van der Waals surface area contributed by atoms with Gasteiger partial charge in [0.1, 0.15) is 0 Å². The first-order chi connectivity index (χ1) is 13.3. The smallest absolute Gasteiger partial charge is 0.0580 e. The molecule has 0 aromatic heterocycles. The highest BCUT2D eigenvalue weighted by molar-refractivity contribution is 5.79. The molecule has 0 spiro atoms. The molecule has 0 fully saturated rings. The van der Waals surface area contributed by atoms with Crippen LogP contribution in [0.5, 0.6) is 0 Å². The van der Waals surface area contributed by atoms with Crippen LogP contribution in [0.3, 0.4) is 0 Å². The van der Waals surface area contributed by atoms with Gasteiger partial charge in [-0.3, -0.25) is 0 Å². The van der Waals surface area contributed by atoms with Crippen LogP contribution >= 0.6 is 0 Å². The predicted octanol–water partition coefficient (Wildman–Crippen LogP) is 6.67. The Balaban J connectivity index is 1.66. The molecule has 0 unspecified atom stereocenters. The molecule has 0 aliphatic heterocycles. The quantitative estimate of drug-likeness (QED) is 0.240. The molecule has 1 N–H and O–H groups in total. The van der Waals surface area contributed by atoms with Gasteiger partial charge in [-0.15, -0.1) is 0 Å². The van der Waals surface area contributed by atoms with Crippen molar-refractivity contribution in [1.29, 1.82) is 0 Å². The molecule has 2 rings (SSSR count). The number of unbranched alkanes of at least 4 members (excludes halogenated alkanes) is 5. The zero-order valence-electron chi connectivity index (χ0n) is 17.2. The summed E-state index contributed by atoms with van der Waals surface area (Å²) in [5.41, 5.74) is 8.40. The van der Waals surface area contributed by atoms with E-state index in [1.807, 2.05) is 6.21 Å². The van der Waals surface area contributed by atoms with Crippen molar-refractivity contribution >= 4 is 6.21 Å². The Morgan fingerprint density at radius 3 is 1.96 bits per heavy atom. The SMILES string of the molecule is CCCCCCCCc1ccc(/C=N/NCc2ccc(CCC)cc2)cc1. The molecule has 2 aromatic rings. The Hall–Kier alpha value is -2.09. The van der Waals surface area contributed by atoms with E-state index in [-0.39, 0.29) is 0 Å². The number of aryl methyl sites for hydroxylation is 2. The van der Waals surface area contributed by atoms with E-state index < -0.39 is 0 Å². The Morgan fingerprint density at radius 1 is 0.667 bits per heavy atom. The minimum Gasteiger partial charge on any atom is -0.306 e. The lowest BCUT2D eigenvalue weighted by atomic mass is 10.0. The van der Waals surface area contributed by atoms with Crippen LogP contribution in [-0.2, 0) is 19.4 Å². The van der Waals surface area contributed by atoms with Crippen molar-refractivity contribution in [3.63, 3.8) is 0 Å². The fourth-order valence-corrected chi connectivity index (χ4v) is 3.25. The van der Waals surface area contributed by atoms with Crippen LogP contribution in [0.25, 0.3) is 0 Å². The van der Waals surface area contributed by atoms with E-state index in [1.54, 1.807) is 0 Å². The molecular weight excluding hydrogens is 328 g/mol. The number of hydrazone groups is 1. The van der Waals surface area contributed by atoms with Gasteiger partial charge in [0.25, 0.3) is 0 Å². The number of rotatable bonds is 13. The highest BCUT2D eigenvalue weighted by Gasteiger charge is 1.96. The van der Waals surface area contributed by atoms with Crippen molar-refractivity contribution in [2.75, 3.05) is 0 Å². The van der Waals surface area contributed by atoms with Crippen LogP contribution in [0.2, 0.25) is 0 Å². The molecule has 146 valence electrons. The van der Waals surface area contributed by atoms with Crippen LogP contribution in [0.4, 0.5) is 0 Å². The van der Waals surface area contributed by atoms with Crippen molar-refractivity contribution in [3.05, 3.63) is 70.8 Å². The summed E-state index contributed by atoms with van der Waals surface area (Å²) in [6.07, 6.45) is 13.6. The summed E-state index contributed by atoms with van der Waals surface area (Å²) in [5, 5.41) is 4.35. The molecule has 0 saturated heterocycles. The largest absolute Gasteiger partial charge is 0.306 e. The number of hydrogen-bond acceptors (Lipinski definition) is 2. The van der Waals surface area contributed by atoms with Gasteiger partial charge >= 0.3 is 0 Å². The molecule has 0 atom stereocenters. The van der Waals surface area contributed by atoms with Crippen LogP contribution in [-0.4, -0.2) is 6.21 Å². The summed E-state index contributed by atoms with van der Waals surface area (Å²) in [5.74, 6) is 0. The highest BCUT2D eigenvalue weighted by atomic mass is 15.3. The molecule has 0 aliphatic carbocycles. The first-order valence-electron chi connectivity index (χ1n) is 10.7. The molecule has 2 aromatic carbocycles. The van der Waals surface area contributed by atoms with E-state index in [0.717, 1.165) is 18.5 Å². The van der Waals surface area contributed by atoms with E-state index in [2.05, 4.69) is 72.9 Å². The monoisotopic (exact) mass is 364 g/mol. The summed E-state index contributed by atoms with van der Waals surface area (Å²) in [6.45, 7) is 5.25. The molecule has 0 bridgehead atoms. The van der Waals surface area contributed by atoms with Gasteiger partial charge in [-0.25, -0.2) is 0 Å². The normalized spacial score (nSPS) is 11.2. The Kier molecular flexibility index (Phi) is 10.3. The van der Waals surface area contributed by atoms with E-state index in [4.69, 9.17) is 0 Å². The summed E-state index contributed by atoms with van der Waals surface area (Å²) < 4.78 is 0. The van der Waals surface area contributed by atoms with Crippen molar-refractivity contribution in [3.8, 4) is 0 Å². The Labute approximate surface area is 166 Å². The van der Waals surface area contributed by atoms with Crippen molar-refractivity contribution in [2.24, 2.45) is 5.10 Å². The second-order valence-electron chi connectivity index (χ2n) is 7.42. The average Bonchev–Trinajstić information content (AvgIpc) is 2.70. The summed E-state index contributed by atoms with van der Waals surface area (Å²) in [6, 6.07) is 17.6. The third-order valence-electron chi connectivity index (χ3n) is 4.95. The summed E-state index contributed by atoms with van der Waals surface area (Å²) in [4.78, 5) is 0. The second-order valence-corrected chi connectivity index (χ2v) is 7.42. The van der Waals surface area contributed by atoms with Gasteiger partial charge in [-0.1, -0.05) is 101 Å². The van der Waals surface area contributed by atoms with E-state index in [9.17, 15) is 0 Å². The summed E-state index contributed by atoms with van der Waals surface area (Å²) >= 11 is 0. The third-order valence-corrected chi connectivity index (χ3v) is 4.95. The highest BCUT2D eigenvalue weighted by Crippen LogP contribution is 2.11. The number of hydrogen-bond donors (Lipinski definition) is 1. The molecular formula is C25H36N2. The van der Waals surface area contributed by atoms with Gasteiger partial charge in [0.05, 0.1) is 12.8 Å². The zero-order chi connectivity index (χ0) is 19.2. The van der Waals surface area contributed by atoms with Gasteiger partial charge in [-0.2, -0.15) is 5.10 Å². The first kappa shape index (κ1) is 21.2. The maximum atomic E-state index is 4.35. The van der Waals surface area contributed by atoms with Crippen molar-refractivity contribution < 1.29 is 0 Å². The lowest BCUT2D eigenvalue weighted by Gasteiger charge is -2.04. The summed E-state index contributed by atoms with van der Waals surface area (Å²) in [7, 11) is 0. The average molecular weight is 365 g/mol.